The number of carbonyl (C=O) groups is 1. The van der Waals surface area contributed by atoms with Crippen molar-refractivity contribution < 1.29 is 22.7 Å². The Morgan fingerprint density at radius 3 is 2.55 bits per heavy atom. The van der Waals surface area contributed by atoms with Crippen molar-refractivity contribution >= 4 is 27.5 Å². The SMILES string of the molecule is COc1ccc(NC(=O)CBr)cc1C1(C(F)(F)F)N=N1. The molecule has 20 heavy (non-hydrogen) atoms. The maximum atomic E-state index is 13.0. The highest BCUT2D eigenvalue weighted by Crippen LogP contribution is 2.55. The monoisotopic (exact) mass is 351 g/mol. The molecule has 108 valence electrons. The predicted octanol–water partition coefficient (Wildman–Crippen LogP) is 3.21. The Kier molecular flexibility index (Phi) is 3.72. The number of halogens is 4. The van der Waals surface area contributed by atoms with Gasteiger partial charge in [-0.2, -0.15) is 13.2 Å². The van der Waals surface area contributed by atoms with Crippen LogP contribution >= 0.6 is 15.9 Å². The average molecular weight is 352 g/mol. The summed E-state index contributed by atoms with van der Waals surface area (Å²) >= 11 is 2.95. The number of hydrogen-bond donors (Lipinski definition) is 1. The lowest BCUT2D eigenvalue weighted by Crippen LogP contribution is -2.30. The minimum absolute atomic E-state index is 0.00386. The number of rotatable bonds is 4. The van der Waals surface area contributed by atoms with E-state index in [1.165, 1.54) is 19.2 Å². The number of benzene rings is 1. The van der Waals surface area contributed by atoms with Crippen LogP contribution in [0.2, 0.25) is 0 Å². The molecule has 1 aromatic rings. The Bertz CT molecular complexity index is 569. The summed E-state index contributed by atoms with van der Waals surface area (Å²) in [6, 6.07) is 3.93. The van der Waals surface area contributed by atoms with E-state index < -0.39 is 11.8 Å². The summed E-state index contributed by atoms with van der Waals surface area (Å²) in [6.07, 6.45) is -4.65. The van der Waals surface area contributed by atoms with Crippen molar-refractivity contribution in [2.75, 3.05) is 17.8 Å². The number of ether oxygens (including phenoxy) is 1. The fourth-order valence-electron chi connectivity index (χ4n) is 1.68. The first-order valence-electron chi connectivity index (χ1n) is 5.39. The predicted molar refractivity (Wildman–Crippen MR) is 68.0 cm³/mol. The molecule has 2 rings (SSSR count). The van der Waals surface area contributed by atoms with Crippen LogP contribution in [0.4, 0.5) is 18.9 Å². The molecule has 0 unspecified atom stereocenters. The average Bonchev–Trinajstić information content (AvgIpc) is 3.19. The largest absolute Gasteiger partial charge is 0.496 e. The molecule has 0 saturated carbocycles. The molecule has 1 heterocycles. The molecule has 0 atom stereocenters. The van der Waals surface area contributed by atoms with Crippen molar-refractivity contribution in [1.29, 1.82) is 0 Å². The molecule has 1 aliphatic rings. The smallest absolute Gasteiger partial charge is 0.442 e. The van der Waals surface area contributed by atoms with Crippen LogP contribution in [-0.4, -0.2) is 24.5 Å². The number of hydrogen-bond acceptors (Lipinski definition) is 4. The van der Waals surface area contributed by atoms with Gasteiger partial charge in [-0.1, -0.05) is 15.9 Å². The van der Waals surface area contributed by atoms with E-state index in [0.717, 1.165) is 6.07 Å². The first kappa shape index (κ1) is 14.8. The second-order valence-electron chi connectivity index (χ2n) is 3.97. The first-order chi connectivity index (χ1) is 9.34. The molecule has 5 nitrogen and oxygen atoms in total. The Hall–Kier alpha value is -1.64. The van der Waals surface area contributed by atoms with Crippen molar-refractivity contribution in [2.45, 2.75) is 11.8 Å². The van der Waals surface area contributed by atoms with E-state index in [1.807, 2.05) is 0 Å². The molecule has 1 aliphatic heterocycles. The van der Waals surface area contributed by atoms with Crippen LogP contribution in [0, 0.1) is 0 Å². The fourth-order valence-corrected chi connectivity index (χ4v) is 1.82. The van der Waals surface area contributed by atoms with E-state index in [9.17, 15) is 18.0 Å². The normalized spacial score (nSPS) is 15.8. The molecule has 0 fully saturated rings. The van der Waals surface area contributed by atoms with Gasteiger partial charge < -0.3 is 10.1 Å². The van der Waals surface area contributed by atoms with Gasteiger partial charge in [0, 0.05) is 5.69 Å². The molecule has 9 heteroatoms. The Labute approximate surface area is 120 Å². The van der Waals surface area contributed by atoms with Crippen molar-refractivity contribution in [1.82, 2.24) is 0 Å². The summed E-state index contributed by atoms with van der Waals surface area (Å²) in [5.74, 6) is -0.379. The molecule has 1 aromatic carbocycles. The van der Waals surface area contributed by atoms with Crippen molar-refractivity contribution in [3.05, 3.63) is 23.8 Å². The summed E-state index contributed by atoms with van der Waals surface area (Å²) in [5, 5.41) is 8.72. The molecule has 1 amide bonds. The van der Waals surface area contributed by atoms with Gasteiger partial charge in [-0.25, -0.2) is 0 Å². The van der Waals surface area contributed by atoms with Gasteiger partial charge in [0.1, 0.15) is 5.75 Å². The van der Waals surface area contributed by atoms with E-state index in [0.29, 0.717) is 0 Å². The summed E-state index contributed by atoms with van der Waals surface area (Å²) in [5.41, 5.74) is -2.63. The highest BCUT2D eigenvalue weighted by molar-refractivity contribution is 9.09. The maximum absolute atomic E-state index is 13.0. The number of methoxy groups -OCH3 is 1. The van der Waals surface area contributed by atoms with Crippen molar-refractivity contribution in [3.8, 4) is 5.75 Å². The summed E-state index contributed by atoms with van der Waals surface area (Å²) in [6.45, 7) is 0. The molecular formula is C11H9BrF3N3O2. The highest BCUT2D eigenvalue weighted by Gasteiger charge is 2.66. The zero-order valence-electron chi connectivity index (χ0n) is 10.2. The zero-order chi connectivity index (χ0) is 15.0. The lowest BCUT2D eigenvalue weighted by molar-refractivity contribution is -0.166. The first-order valence-corrected chi connectivity index (χ1v) is 6.51. The number of nitrogens with one attached hydrogen (secondary N) is 1. The second-order valence-corrected chi connectivity index (χ2v) is 4.53. The lowest BCUT2D eigenvalue weighted by atomic mass is 10.0. The van der Waals surface area contributed by atoms with Gasteiger partial charge >= 0.3 is 11.8 Å². The molecule has 1 N–H and O–H groups in total. The zero-order valence-corrected chi connectivity index (χ0v) is 11.7. The van der Waals surface area contributed by atoms with Crippen LogP contribution < -0.4 is 10.1 Å². The number of nitrogens with zero attached hydrogens (tertiary/aromatic N) is 2. The van der Waals surface area contributed by atoms with E-state index in [-0.39, 0.29) is 28.2 Å². The summed E-state index contributed by atoms with van der Waals surface area (Å²) in [7, 11) is 1.25. The minimum Gasteiger partial charge on any atom is -0.496 e. The fraction of sp³-hybridized carbons (Fsp3) is 0.364. The van der Waals surface area contributed by atoms with Gasteiger partial charge in [-0.05, 0) is 18.2 Å². The Morgan fingerprint density at radius 1 is 1.45 bits per heavy atom. The second kappa shape index (κ2) is 5.04. The van der Waals surface area contributed by atoms with E-state index in [2.05, 4.69) is 31.5 Å². The Morgan fingerprint density at radius 2 is 2.10 bits per heavy atom. The standard InChI is InChI=1S/C11H9BrF3N3O2/c1-20-8-3-2-6(16-9(19)5-12)4-7(8)10(17-18-10)11(13,14)15/h2-4H,5H2,1H3,(H,16,19). The lowest BCUT2D eigenvalue weighted by Gasteiger charge is -2.18. The van der Waals surface area contributed by atoms with E-state index in [1.54, 1.807) is 0 Å². The molecular weight excluding hydrogens is 343 g/mol. The molecule has 0 aliphatic carbocycles. The third kappa shape index (κ3) is 2.49. The highest BCUT2D eigenvalue weighted by atomic mass is 79.9. The number of amides is 1. The topological polar surface area (TPSA) is 63.0 Å². The summed E-state index contributed by atoms with van der Waals surface area (Å²) in [4.78, 5) is 11.3. The Balaban J connectivity index is 2.41. The van der Waals surface area contributed by atoms with Gasteiger partial charge in [0.25, 0.3) is 0 Å². The number of alkyl halides is 4. The van der Waals surface area contributed by atoms with Gasteiger partial charge in [0.15, 0.2) is 0 Å². The van der Waals surface area contributed by atoms with Gasteiger partial charge in [-0.15, -0.1) is 10.2 Å². The molecule has 0 spiro atoms. The van der Waals surface area contributed by atoms with E-state index in [4.69, 9.17) is 4.74 Å². The third-order valence-corrected chi connectivity index (χ3v) is 3.18. The van der Waals surface area contributed by atoms with Crippen molar-refractivity contribution in [3.63, 3.8) is 0 Å². The van der Waals surface area contributed by atoms with Gasteiger partial charge in [-0.3, -0.25) is 4.79 Å². The molecule has 0 aromatic heterocycles. The summed E-state index contributed by atoms with van der Waals surface area (Å²) < 4.78 is 44.0. The quantitative estimate of drug-likeness (QED) is 0.846. The molecule has 0 radical (unpaired) electrons. The minimum atomic E-state index is -4.65. The van der Waals surface area contributed by atoms with Crippen LogP contribution in [0.3, 0.4) is 0 Å². The number of anilines is 1. The van der Waals surface area contributed by atoms with Crippen LogP contribution in [0.1, 0.15) is 5.56 Å². The third-order valence-electron chi connectivity index (χ3n) is 2.68. The maximum Gasteiger partial charge on any atom is 0.442 e. The molecule has 0 saturated heterocycles. The van der Waals surface area contributed by atoms with E-state index >= 15 is 0 Å². The van der Waals surface area contributed by atoms with Crippen LogP contribution in [0.25, 0.3) is 0 Å². The van der Waals surface area contributed by atoms with Crippen LogP contribution in [0.5, 0.6) is 5.75 Å². The molecule has 0 bridgehead atoms. The van der Waals surface area contributed by atoms with Crippen LogP contribution in [0.15, 0.2) is 28.4 Å². The number of carbonyl (C=O) groups excluding carboxylic acids is 1. The van der Waals surface area contributed by atoms with Crippen molar-refractivity contribution in [2.24, 2.45) is 10.2 Å². The van der Waals surface area contributed by atoms with Crippen LogP contribution in [-0.2, 0) is 10.5 Å². The van der Waals surface area contributed by atoms with Gasteiger partial charge in [0.2, 0.25) is 5.91 Å². The van der Waals surface area contributed by atoms with Gasteiger partial charge in [0.05, 0.1) is 18.0 Å².